The molecule has 0 radical (unpaired) electrons. The summed E-state index contributed by atoms with van der Waals surface area (Å²) in [5.41, 5.74) is 0.0772. The first-order valence-electron chi connectivity index (χ1n) is 5.68. The van der Waals surface area contributed by atoms with Crippen LogP contribution in [0.1, 0.15) is 32.4 Å². The van der Waals surface area contributed by atoms with Crippen molar-refractivity contribution in [2.45, 2.75) is 32.4 Å². The second-order valence-corrected chi connectivity index (χ2v) is 4.86. The monoisotopic (exact) mass is 259 g/mol. The summed E-state index contributed by atoms with van der Waals surface area (Å²) >= 11 is 5.75. The van der Waals surface area contributed by atoms with Crippen molar-refractivity contribution in [1.29, 1.82) is 0 Å². The highest BCUT2D eigenvalue weighted by atomic mass is 35.5. The molecule has 0 saturated heterocycles. The molecule has 0 aromatic heterocycles. The van der Waals surface area contributed by atoms with Gasteiger partial charge in [-0.25, -0.2) is 4.39 Å². The zero-order valence-electron chi connectivity index (χ0n) is 10.7. The van der Waals surface area contributed by atoms with E-state index in [0.717, 1.165) is 0 Å². The van der Waals surface area contributed by atoms with Crippen LogP contribution in [-0.2, 0) is 4.74 Å². The molecule has 96 valence electrons. The third-order valence-electron chi connectivity index (χ3n) is 2.77. The van der Waals surface area contributed by atoms with Crippen LogP contribution in [0.25, 0.3) is 0 Å². The molecule has 1 atom stereocenters. The van der Waals surface area contributed by atoms with E-state index < -0.39 is 5.60 Å². The third kappa shape index (κ3) is 3.41. The largest absolute Gasteiger partial charge is 0.374 e. The first-order valence-corrected chi connectivity index (χ1v) is 6.06. The number of likely N-dealkylation sites (N-methyl/N-ethyl adjacent to an activating group) is 1. The van der Waals surface area contributed by atoms with Crippen molar-refractivity contribution >= 4 is 11.6 Å². The fraction of sp³-hybridized carbons (Fsp3) is 0.538. The van der Waals surface area contributed by atoms with Crippen LogP contribution in [0.2, 0.25) is 5.02 Å². The van der Waals surface area contributed by atoms with E-state index >= 15 is 0 Å². The summed E-state index contributed by atoms with van der Waals surface area (Å²) in [6, 6.07) is 4.48. The molecule has 4 heteroatoms. The van der Waals surface area contributed by atoms with Crippen molar-refractivity contribution in [3.05, 3.63) is 34.6 Å². The lowest BCUT2D eigenvalue weighted by atomic mass is 9.91. The molecular formula is C13H19ClFNO. The maximum Gasteiger partial charge on any atom is 0.129 e. The van der Waals surface area contributed by atoms with Crippen molar-refractivity contribution in [2.75, 3.05) is 13.7 Å². The Morgan fingerprint density at radius 2 is 2.12 bits per heavy atom. The summed E-state index contributed by atoms with van der Waals surface area (Å²) < 4.78 is 19.5. The summed E-state index contributed by atoms with van der Waals surface area (Å²) in [6.45, 7) is 6.38. The Labute approximate surface area is 107 Å². The summed E-state index contributed by atoms with van der Waals surface area (Å²) in [7, 11) is 1.79. The van der Waals surface area contributed by atoms with Gasteiger partial charge in [-0.1, -0.05) is 17.7 Å². The smallest absolute Gasteiger partial charge is 0.129 e. The summed E-state index contributed by atoms with van der Waals surface area (Å²) in [5.74, 6) is -0.315. The topological polar surface area (TPSA) is 21.3 Å². The molecule has 1 aromatic rings. The third-order valence-corrected chi connectivity index (χ3v) is 3.01. The highest BCUT2D eigenvalue weighted by Crippen LogP contribution is 2.31. The van der Waals surface area contributed by atoms with Gasteiger partial charge in [-0.05, 0) is 40.0 Å². The normalized spacial score (nSPS) is 13.8. The van der Waals surface area contributed by atoms with E-state index in [1.165, 1.54) is 6.07 Å². The minimum atomic E-state index is -0.488. The Balaban J connectivity index is 3.09. The quantitative estimate of drug-likeness (QED) is 0.873. The van der Waals surface area contributed by atoms with Crippen LogP contribution in [0.5, 0.6) is 0 Å². The average Bonchev–Trinajstić information content (AvgIpc) is 2.21. The molecule has 1 N–H and O–H groups in total. The van der Waals surface area contributed by atoms with Crippen LogP contribution in [0.4, 0.5) is 4.39 Å². The Morgan fingerprint density at radius 3 is 2.59 bits per heavy atom. The lowest BCUT2D eigenvalue weighted by molar-refractivity contribution is -0.0382. The predicted molar refractivity (Wildman–Crippen MR) is 68.9 cm³/mol. The Bertz CT molecular complexity index is 382. The first-order chi connectivity index (χ1) is 7.92. The second-order valence-electron chi connectivity index (χ2n) is 4.42. The number of halogens is 2. The number of ether oxygens (including phenoxy) is 1. The van der Waals surface area contributed by atoms with Gasteiger partial charge in [0.25, 0.3) is 0 Å². The molecule has 0 heterocycles. The van der Waals surface area contributed by atoms with E-state index in [1.807, 2.05) is 20.8 Å². The zero-order chi connectivity index (χ0) is 13.1. The number of rotatable bonds is 5. The highest BCUT2D eigenvalue weighted by molar-refractivity contribution is 6.30. The van der Waals surface area contributed by atoms with E-state index in [1.54, 1.807) is 19.2 Å². The fourth-order valence-corrected chi connectivity index (χ4v) is 2.23. The maximum atomic E-state index is 13.9. The van der Waals surface area contributed by atoms with Gasteiger partial charge < -0.3 is 10.1 Å². The number of benzene rings is 1. The molecule has 0 amide bonds. The van der Waals surface area contributed by atoms with Gasteiger partial charge in [-0.15, -0.1) is 0 Å². The van der Waals surface area contributed by atoms with E-state index in [9.17, 15) is 4.39 Å². The SMILES string of the molecule is CCOC(C)(C)C(NC)c1ccc(Cl)cc1F. The molecule has 0 aliphatic rings. The van der Waals surface area contributed by atoms with Crippen LogP contribution < -0.4 is 5.32 Å². The van der Waals surface area contributed by atoms with Gasteiger partial charge in [0.1, 0.15) is 5.82 Å². The molecule has 1 aromatic carbocycles. The number of nitrogens with one attached hydrogen (secondary N) is 1. The second kappa shape index (κ2) is 5.80. The Hall–Kier alpha value is -0.640. The summed E-state index contributed by atoms with van der Waals surface area (Å²) in [4.78, 5) is 0. The van der Waals surface area contributed by atoms with E-state index in [-0.39, 0.29) is 11.9 Å². The van der Waals surface area contributed by atoms with Crippen LogP contribution >= 0.6 is 11.6 Å². The lowest BCUT2D eigenvalue weighted by Crippen LogP contribution is -2.40. The molecule has 0 aliphatic heterocycles. The molecule has 0 fully saturated rings. The highest BCUT2D eigenvalue weighted by Gasteiger charge is 2.32. The number of hydrogen-bond donors (Lipinski definition) is 1. The Kier molecular flexibility index (Phi) is 4.92. The van der Waals surface area contributed by atoms with Crippen molar-refractivity contribution in [2.24, 2.45) is 0 Å². The average molecular weight is 260 g/mol. The van der Waals surface area contributed by atoms with Gasteiger partial charge in [0.15, 0.2) is 0 Å². The molecule has 0 spiro atoms. The molecule has 0 bridgehead atoms. The van der Waals surface area contributed by atoms with Gasteiger partial charge in [-0.2, -0.15) is 0 Å². The maximum absolute atomic E-state index is 13.9. The molecular weight excluding hydrogens is 241 g/mol. The summed E-state index contributed by atoms with van der Waals surface area (Å²) in [5, 5.41) is 3.49. The van der Waals surface area contributed by atoms with Crippen molar-refractivity contribution < 1.29 is 9.13 Å². The van der Waals surface area contributed by atoms with Crippen LogP contribution in [0.15, 0.2) is 18.2 Å². The molecule has 0 saturated carbocycles. The fourth-order valence-electron chi connectivity index (χ4n) is 2.07. The molecule has 1 rings (SSSR count). The van der Waals surface area contributed by atoms with Gasteiger partial charge in [0.2, 0.25) is 0 Å². The summed E-state index contributed by atoms with van der Waals surface area (Å²) in [6.07, 6.45) is 0. The molecule has 17 heavy (non-hydrogen) atoms. The van der Waals surface area contributed by atoms with Crippen LogP contribution in [0, 0.1) is 5.82 Å². The number of hydrogen-bond acceptors (Lipinski definition) is 2. The van der Waals surface area contributed by atoms with Gasteiger partial charge in [0.05, 0.1) is 11.6 Å². The van der Waals surface area contributed by atoms with Crippen LogP contribution in [-0.4, -0.2) is 19.3 Å². The lowest BCUT2D eigenvalue weighted by Gasteiger charge is -2.34. The predicted octanol–water partition coefficient (Wildman–Crippen LogP) is 3.55. The van der Waals surface area contributed by atoms with Crippen molar-refractivity contribution in [3.8, 4) is 0 Å². The Morgan fingerprint density at radius 1 is 1.47 bits per heavy atom. The van der Waals surface area contributed by atoms with Crippen molar-refractivity contribution in [3.63, 3.8) is 0 Å². The van der Waals surface area contributed by atoms with Gasteiger partial charge in [-0.3, -0.25) is 0 Å². The van der Waals surface area contributed by atoms with Crippen molar-refractivity contribution in [1.82, 2.24) is 5.32 Å². The van der Waals surface area contributed by atoms with Crippen LogP contribution in [0.3, 0.4) is 0 Å². The minimum absolute atomic E-state index is 0.222. The van der Waals surface area contributed by atoms with E-state index in [2.05, 4.69) is 5.32 Å². The molecule has 0 aliphatic carbocycles. The minimum Gasteiger partial charge on any atom is -0.374 e. The molecule has 2 nitrogen and oxygen atoms in total. The standard InChI is InChI=1S/C13H19ClFNO/c1-5-17-13(2,3)12(16-4)10-7-6-9(14)8-11(10)15/h6-8,12,16H,5H2,1-4H3. The zero-order valence-corrected chi connectivity index (χ0v) is 11.4. The molecule has 1 unspecified atom stereocenters. The van der Waals surface area contributed by atoms with E-state index in [4.69, 9.17) is 16.3 Å². The van der Waals surface area contributed by atoms with E-state index in [0.29, 0.717) is 17.2 Å². The van der Waals surface area contributed by atoms with Gasteiger partial charge in [0, 0.05) is 17.2 Å². The van der Waals surface area contributed by atoms with Gasteiger partial charge >= 0.3 is 0 Å². The first kappa shape index (κ1) is 14.4.